The van der Waals surface area contributed by atoms with Crippen LogP contribution < -0.4 is 4.90 Å². The van der Waals surface area contributed by atoms with Crippen LogP contribution in [-0.2, 0) is 0 Å². The van der Waals surface area contributed by atoms with Crippen molar-refractivity contribution < 1.29 is 13.2 Å². The summed E-state index contributed by atoms with van der Waals surface area (Å²) in [5, 5.41) is 0.345. The smallest absolute Gasteiger partial charge is 0.356 e. The highest BCUT2D eigenvalue weighted by Gasteiger charge is 2.41. The summed E-state index contributed by atoms with van der Waals surface area (Å²) in [6.07, 6.45) is -2.56. The highest BCUT2D eigenvalue weighted by Crippen LogP contribution is 2.35. The first-order valence-electron chi connectivity index (χ1n) is 5.68. The molecular formula is C11H13ClF3N3. The van der Waals surface area contributed by atoms with Crippen LogP contribution in [0.2, 0.25) is 5.15 Å². The lowest BCUT2D eigenvalue weighted by molar-refractivity contribution is -0.179. The maximum Gasteiger partial charge on any atom is 0.391 e. The van der Waals surface area contributed by atoms with Crippen LogP contribution in [-0.4, -0.2) is 29.2 Å². The lowest BCUT2D eigenvalue weighted by Crippen LogP contribution is -2.39. The van der Waals surface area contributed by atoms with Gasteiger partial charge in [0.2, 0.25) is 0 Å². The summed E-state index contributed by atoms with van der Waals surface area (Å²) in [6, 6.07) is 0. The number of anilines is 1. The molecule has 1 aromatic rings. The van der Waals surface area contributed by atoms with Gasteiger partial charge in [0.25, 0.3) is 0 Å². The predicted octanol–water partition coefficient (Wildman–Crippen LogP) is 3.22. The molecule has 0 atom stereocenters. The van der Waals surface area contributed by atoms with E-state index in [1.165, 1.54) is 6.33 Å². The van der Waals surface area contributed by atoms with Crippen LogP contribution in [0.1, 0.15) is 18.4 Å². The van der Waals surface area contributed by atoms with Gasteiger partial charge < -0.3 is 4.90 Å². The summed E-state index contributed by atoms with van der Waals surface area (Å²) < 4.78 is 37.6. The molecule has 2 rings (SSSR count). The lowest BCUT2D eigenvalue weighted by Gasteiger charge is -2.34. The van der Waals surface area contributed by atoms with Crippen LogP contribution >= 0.6 is 11.6 Å². The molecule has 3 nitrogen and oxygen atoms in total. The molecule has 0 saturated carbocycles. The van der Waals surface area contributed by atoms with Crippen molar-refractivity contribution in [2.24, 2.45) is 5.92 Å². The van der Waals surface area contributed by atoms with E-state index in [9.17, 15) is 13.2 Å². The Hall–Kier alpha value is -1.04. The molecule has 1 saturated heterocycles. The van der Waals surface area contributed by atoms with Crippen LogP contribution in [0.15, 0.2) is 6.33 Å². The quantitative estimate of drug-likeness (QED) is 0.739. The number of piperidine rings is 1. The summed E-state index contributed by atoms with van der Waals surface area (Å²) in [5.41, 5.74) is 0.713. The summed E-state index contributed by atoms with van der Waals surface area (Å²) in [4.78, 5) is 9.77. The molecule has 0 aromatic carbocycles. The molecule has 1 aliphatic heterocycles. The topological polar surface area (TPSA) is 29.0 Å². The van der Waals surface area contributed by atoms with Gasteiger partial charge in [0.15, 0.2) is 0 Å². The van der Waals surface area contributed by atoms with E-state index in [4.69, 9.17) is 11.6 Å². The molecule has 1 aliphatic rings. The van der Waals surface area contributed by atoms with Gasteiger partial charge >= 0.3 is 6.18 Å². The molecule has 1 fully saturated rings. The molecule has 2 heterocycles. The van der Waals surface area contributed by atoms with Crippen LogP contribution in [0.25, 0.3) is 0 Å². The van der Waals surface area contributed by atoms with Crippen molar-refractivity contribution in [2.75, 3.05) is 18.0 Å². The molecule has 0 aliphatic carbocycles. The third-order valence-electron chi connectivity index (χ3n) is 3.25. The maximum atomic E-state index is 12.5. The lowest BCUT2D eigenvalue weighted by atomic mass is 9.96. The van der Waals surface area contributed by atoms with E-state index in [0.717, 1.165) is 0 Å². The second-order valence-electron chi connectivity index (χ2n) is 4.42. The van der Waals surface area contributed by atoms with Crippen molar-refractivity contribution in [3.05, 3.63) is 17.0 Å². The van der Waals surface area contributed by atoms with Crippen LogP contribution in [0.4, 0.5) is 19.0 Å². The fourth-order valence-electron chi connectivity index (χ4n) is 2.16. The van der Waals surface area contributed by atoms with E-state index >= 15 is 0 Å². The molecule has 0 radical (unpaired) electrons. The highest BCUT2D eigenvalue weighted by atomic mass is 35.5. The minimum Gasteiger partial charge on any atom is -0.356 e. The summed E-state index contributed by atoms with van der Waals surface area (Å²) in [7, 11) is 0. The number of hydrogen-bond donors (Lipinski definition) is 0. The number of rotatable bonds is 1. The Kier molecular flexibility index (Phi) is 3.66. The second kappa shape index (κ2) is 4.91. The summed E-state index contributed by atoms with van der Waals surface area (Å²) in [5.74, 6) is -0.568. The minimum atomic E-state index is -4.09. The van der Waals surface area contributed by atoms with Gasteiger partial charge in [-0.2, -0.15) is 13.2 Å². The Morgan fingerprint density at radius 3 is 2.44 bits per heavy atom. The minimum absolute atomic E-state index is 0.102. The van der Waals surface area contributed by atoms with E-state index in [1.54, 1.807) is 6.92 Å². The fourth-order valence-corrected chi connectivity index (χ4v) is 2.29. The molecule has 0 spiro atoms. The average Bonchev–Trinajstić information content (AvgIpc) is 2.32. The number of nitrogens with zero attached hydrogens (tertiary/aromatic N) is 3. The van der Waals surface area contributed by atoms with Gasteiger partial charge in [0.1, 0.15) is 17.3 Å². The molecule has 0 bridgehead atoms. The van der Waals surface area contributed by atoms with Crippen molar-refractivity contribution >= 4 is 17.4 Å². The van der Waals surface area contributed by atoms with Gasteiger partial charge in [0.05, 0.1) is 5.92 Å². The van der Waals surface area contributed by atoms with Gasteiger partial charge in [0, 0.05) is 18.7 Å². The first kappa shape index (κ1) is 13.4. The van der Waals surface area contributed by atoms with Crippen molar-refractivity contribution in [3.8, 4) is 0 Å². The monoisotopic (exact) mass is 279 g/mol. The second-order valence-corrected chi connectivity index (χ2v) is 4.77. The first-order valence-corrected chi connectivity index (χ1v) is 6.06. The Bertz CT molecular complexity index is 428. The largest absolute Gasteiger partial charge is 0.391 e. The van der Waals surface area contributed by atoms with Crippen molar-refractivity contribution in [3.63, 3.8) is 0 Å². The van der Waals surface area contributed by atoms with E-state index in [2.05, 4.69) is 9.97 Å². The number of aromatic nitrogens is 2. The summed E-state index contributed by atoms with van der Waals surface area (Å²) in [6.45, 7) is 2.46. The van der Waals surface area contributed by atoms with Crippen molar-refractivity contribution in [1.82, 2.24) is 9.97 Å². The Morgan fingerprint density at radius 1 is 1.28 bits per heavy atom. The molecular weight excluding hydrogens is 267 g/mol. The Labute approximate surface area is 108 Å². The molecule has 18 heavy (non-hydrogen) atoms. The number of halogens is 4. The zero-order chi connectivity index (χ0) is 13.3. The standard InChI is InChI=1S/C11H13ClF3N3/c1-7-9(12)16-6-17-10(7)18-4-2-8(3-5-18)11(13,14)15/h6,8H,2-5H2,1H3. The van der Waals surface area contributed by atoms with Crippen LogP contribution in [0.3, 0.4) is 0 Å². The molecule has 0 amide bonds. The summed E-state index contributed by atoms with van der Waals surface area (Å²) >= 11 is 5.88. The number of hydrogen-bond acceptors (Lipinski definition) is 3. The van der Waals surface area contributed by atoms with E-state index in [1.807, 2.05) is 4.90 Å². The van der Waals surface area contributed by atoms with Gasteiger partial charge in [-0.05, 0) is 19.8 Å². The molecule has 0 N–H and O–H groups in total. The first-order chi connectivity index (χ1) is 8.39. The van der Waals surface area contributed by atoms with E-state index in [0.29, 0.717) is 29.6 Å². The van der Waals surface area contributed by atoms with Crippen LogP contribution in [0.5, 0.6) is 0 Å². The van der Waals surface area contributed by atoms with Gasteiger partial charge in [-0.3, -0.25) is 0 Å². The SMILES string of the molecule is Cc1c(Cl)ncnc1N1CCC(C(F)(F)F)CC1. The van der Waals surface area contributed by atoms with E-state index in [-0.39, 0.29) is 12.8 Å². The van der Waals surface area contributed by atoms with Gasteiger partial charge in [-0.25, -0.2) is 9.97 Å². The molecule has 1 aromatic heterocycles. The predicted molar refractivity (Wildman–Crippen MR) is 62.8 cm³/mol. The Balaban J connectivity index is 2.08. The normalized spacial score (nSPS) is 18.2. The van der Waals surface area contributed by atoms with Crippen LogP contribution in [0, 0.1) is 12.8 Å². The maximum absolute atomic E-state index is 12.5. The number of alkyl halides is 3. The zero-order valence-corrected chi connectivity index (χ0v) is 10.6. The van der Waals surface area contributed by atoms with Gasteiger partial charge in [-0.1, -0.05) is 11.6 Å². The molecule has 7 heteroatoms. The average molecular weight is 280 g/mol. The Morgan fingerprint density at radius 2 is 1.89 bits per heavy atom. The highest BCUT2D eigenvalue weighted by molar-refractivity contribution is 6.30. The molecule has 100 valence electrons. The fraction of sp³-hybridized carbons (Fsp3) is 0.636. The third kappa shape index (κ3) is 2.68. The van der Waals surface area contributed by atoms with E-state index < -0.39 is 12.1 Å². The molecule has 0 unspecified atom stereocenters. The van der Waals surface area contributed by atoms with Crippen molar-refractivity contribution in [1.29, 1.82) is 0 Å². The van der Waals surface area contributed by atoms with Gasteiger partial charge in [-0.15, -0.1) is 0 Å². The zero-order valence-electron chi connectivity index (χ0n) is 9.84. The van der Waals surface area contributed by atoms with Crippen molar-refractivity contribution in [2.45, 2.75) is 25.9 Å². The third-order valence-corrected chi connectivity index (χ3v) is 3.63.